The number of nitrogens with zero attached hydrogens (tertiary/aromatic N) is 1. The SMILES string of the molecule is COc1cc2c(cc1OCCCOc1cc3cc(C(=O)CCC(=O)O)sc3cc1Br)CN(C(=O)CCC(=O)O)C2. The number of ether oxygens (including phenoxy) is 3. The van der Waals surface area contributed by atoms with Crippen LogP contribution in [0.2, 0.25) is 0 Å². The molecule has 1 aliphatic heterocycles. The lowest BCUT2D eigenvalue weighted by Gasteiger charge is -2.14. The Kier molecular flexibility index (Phi) is 9.64. The van der Waals surface area contributed by atoms with Gasteiger partial charge in [0.25, 0.3) is 0 Å². The molecule has 2 aromatic carbocycles. The van der Waals surface area contributed by atoms with Gasteiger partial charge in [0.1, 0.15) is 5.75 Å². The van der Waals surface area contributed by atoms with Crippen LogP contribution in [0, 0.1) is 0 Å². The minimum atomic E-state index is -1.00. The summed E-state index contributed by atoms with van der Waals surface area (Å²) >= 11 is 4.83. The van der Waals surface area contributed by atoms with Crippen LogP contribution in [0.15, 0.2) is 34.8 Å². The summed E-state index contributed by atoms with van der Waals surface area (Å²) in [5, 5.41) is 18.5. The summed E-state index contributed by atoms with van der Waals surface area (Å²) in [6.07, 6.45) is 0.110. The molecule has 12 heteroatoms. The summed E-state index contributed by atoms with van der Waals surface area (Å²) in [7, 11) is 1.55. The molecule has 0 atom stereocenters. The third-order valence-electron chi connectivity index (χ3n) is 6.33. The average Bonchev–Trinajstić information content (AvgIpc) is 3.53. The maximum Gasteiger partial charge on any atom is 0.303 e. The molecule has 10 nitrogen and oxygen atoms in total. The van der Waals surface area contributed by atoms with Gasteiger partial charge in [-0.05, 0) is 62.8 Å². The van der Waals surface area contributed by atoms with E-state index in [1.165, 1.54) is 11.3 Å². The van der Waals surface area contributed by atoms with E-state index in [2.05, 4.69) is 15.9 Å². The van der Waals surface area contributed by atoms with Gasteiger partial charge >= 0.3 is 11.9 Å². The number of rotatable bonds is 14. The number of methoxy groups -OCH3 is 1. The lowest BCUT2D eigenvalue weighted by Crippen LogP contribution is -2.25. The smallest absolute Gasteiger partial charge is 0.303 e. The zero-order chi connectivity index (χ0) is 28.8. The molecule has 1 aliphatic rings. The highest BCUT2D eigenvalue weighted by Gasteiger charge is 2.26. The number of fused-ring (bicyclic) bond motifs is 2. The number of thiophene rings is 1. The Hall–Kier alpha value is -3.64. The molecule has 0 spiro atoms. The molecule has 40 heavy (non-hydrogen) atoms. The topological polar surface area (TPSA) is 140 Å². The Balaban J connectivity index is 1.30. The summed E-state index contributed by atoms with van der Waals surface area (Å²) < 4.78 is 19.0. The summed E-state index contributed by atoms with van der Waals surface area (Å²) in [4.78, 5) is 48.3. The number of hydrogen-bond acceptors (Lipinski definition) is 8. The number of Topliss-reactive ketones (excluding diaryl/α,β-unsaturated/α-hetero) is 1. The molecule has 0 saturated carbocycles. The second kappa shape index (κ2) is 13.1. The molecule has 0 fully saturated rings. The Labute approximate surface area is 242 Å². The first-order valence-corrected chi connectivity index (χ1v) is 14.2. The molecule has 1 aromatic heterocycles. The number of halogens is 1. The van der Waals surface area contributed by atoms with Gasteiger partial charge in [-0.15, -0.1) is 11.3 Å². The highest BCUT2D eigenvalue weighted by atomic mass is 79.9. The fourth-order valence-electron chi connectivity index (χ4n) is 4.28. The molecule has 0 bridgehead atoms. The Morgan fingerprint density at radius 2 is 1.48 bits per heavy atom. The van der Waals surface area contributed by atoms with Gasteiger partial charge in [-0.1, -0.05) is 0 Å². The molecular weight excluding hydrogens is 606 g/mol. The maximum atomic E-state index is 12.3. The number of carbonyl (C=O) groups is 4. The van der Waals surface area contributed by atoms with Gasteiger partial charge in [-0.25, -0.2) is 0 Å². The Bertz CT molecular complexity index is 1450. The largest absolute Gasteiger partial charge is 0.493 e. The molecule has 0 radical (unpaired) electrons. The van der Waals surface area contributed by atoms with Crippen molar-refractivity contribution in [3.05, 3.63) is 50.8 Å². The predicted octanol–water partition coefficient (Wildman–Crippen LogP) is 5.27. The zero-order valence-electron chi connectivity index (χ0n) is 21.7. The van der Waals surface area contributed by atoms with Gasteiger partial charge in [0.2, 0.25) is 5.91 Å². The number of carboxylic acid groups (broad SMARTS) is 2. The molecule has 2 N–H and O–H groups in total. The van der Waals surface area contributed by atoms with Crippen LogP contribution in [0.5, 0.6) is 17.2 Å². The van der Waals surface area contributed by atoms with Gasteiger partial charge in [0, 0.05) is 37.1 Å². The van der Waals surface area contributed by atoms with Crippen molar-refractivity contribution in [1.82, 2.24) is 4.90 Å². The third-order valence-corrected chi connectivity index (χ3v) is 8.09. The first kappa shape index (κ1) is 29.3. The summed E-state index contributed by atoms with van der Waals surface area (Å²) in [6.45, 7) is 1.53. The molecule has 212 valence electrons. The number of benzene rings is 2. The Morgan fingerprint density at radius 1 is 0.850 bits per heavy atom. The van der Waals surface area contributed by atoms with Crippen molar-refractivity contribution >= 4 is 61.0 Å². The van der Waals surface area contributed by atoms with Gasteiger partial charge < -0.3 is 29.3 Å². The van der Waals surface area contributed by atoms with Crippen molar-refractivity contribution in [2.24, 2.45) is 0 Å². The number of carbonyl (C=O) groups excluding carboxylic acids is 2. The molecule has 0 aliphatic carbocycles. The van der Waals surface area contributed by atoms with E-state index in [0.717, 1.165) is 25.7 Å². The van der Waals surface area contributed by atoms with Crippen molar-refractivity contribution in [2.75, 3.05) is 20.3 Å². The van der Waals surface area contributed by atoms with E-state index in [1.54, 1.807) is 18.1 Å². The first-order chi connectivity index (χ1) is 19.1. The van der Waals surface area contributed by atoms with Crippen LogP contribution >= 0.6 is 27.3 Å². The second-order valence-electron chi connectivity index (χ2n) is 9.21. The van der Waals surface area contributed by atoms with Crippen molar-refractivity contribution < 1.29 is 43.6 Å². The highest BCUT2D eigenvalue weighted by Crippen LogP contribution is 2.37. The predicted molar refractivity (Wildman–Crippen MR) is 150 cm³/mol. The van der Waals surface area contributed by atoms with Crippen molar-refractivity contribution in [2.45, 2.75) is 45.2 Å². The standard InChI is InChI=1S/C28H28BrNO9S/c1-37-22-10-17-14-30(26(32)4-6-28(35)36)15-18(17)11-23(22)39-8-2-7-38-21-9-16-12-25(20(31)3-5-27(33)34)40-24(16)13-19(21)29/h9-13H,2-8,14-15H2,1H3,(H,33,34)(H,35,36). The van der Waals surface area contributed by atoms with E-state index in [-0.39, 0.29) is 37.4 Å². The minimum Gasteiger partial charge on any atom is -0.493 e. The first-order valence-electron chi connectivity index (χ1n) is 12.6. The summed E-state index contributed by atoms with van der Waals surface area (Å²) in [5.41, 5.74) is 1.88. The molecule has 3 aromatic rings. The van der Waals surface area contributed by atoms with Gasteiger partial charge in [0.15, 0.2) is 17.3 Å². The fraction of sp³-hybridized carbons (Fsp3) is 0.357. The van der Waals surface area contributed by atoms with Crippen molar-refractivity contribution in [3.63, 3.8) is 0 Å². The van der Waals surface area contributed by atoms with E-state index in [9.17, 15) is 19.2 Å². The Morgan fingerprint density at radius 3 is 2.12 bits per heavy atom. The van der Waals surface area contributed by atoms with Crippen molar-refractivity contribution in [3.8, 4) is 17.2 Å². The molecule has 0 saturated heterocycles. The van der Waals surface area contributed by atoms with Crippen LogP contribution in [-0.2, 0) is 27.5 Å². The lowest BCUT2D eigenvalue weighted by atomic mass is 10.1. The monoisotopic (exact) mass is 633 g/mol. The van der Waals surface area contributed by atoms with Crippen LogP contribution in [0.25, 0.3) is 10.1 Å². The minimum absolute atomic E-state index is 0.0364. The molecule has 4 rings (SSSR count). The second-order valence-corrected chi connectivity index (χ2v) is 11.2. The van der Waals surface area contributed by atoms with E-state index in [1.807, 2.05) is 24.3 Å². The number of hydrogen-bond donors (Lipinski definition) is 2. The normalized spacial score (nSPS) is 12.3. The van der Waals surface area contributed by atoms with E-state index in [4.69, 9.17) is 24.4 Å². The van der Waals surface area contributed by atoms with E-state index in [0.29, 0.717) is 54.8 Å². The van der Waals surface area contributed by atoms with Crippen molar-refractivity contribution in [1.29, 1.82) is 0 Å². The molecule has 1 amide bonds. The number of amides is 1. The van der Waals surface area contributed by atoms with Crippen LogP contribution in [-0.4, -0.2) is 59.1 Å². The quantitative estimate of drug-likeness (QED) is 0.179. The van der Waals surface area contributed by atoms with Crippen LogP contribution in [0.1, 0.15) is 52.9 Å². The molecule has 0 unspecified atom stereocenters. The van der Waals surface area contributed by atoms with Gasteiger partial charge in [-0.3, -0.25) is 19.2 Å². The number of aliphatic carboxylic acids is 2. The van der Waals surface area contributed by atoms with E-state index < -0.39 is 11.9 Å². The van der Waals surface area contributed by atoms with Crippen LogP contribution in [0.3, 0.4) is 0 Å². The third kappa shape index (κ3) is 7.30. The highest BCUT2D eigenvalue weighted by molar-refractivity contribution is 9.10. The van der Waals surface area contributed by atoms with E-state index >= 15 is 0 Å². The molecular formula is C28H28BrNO9S. The fourth-order valence-corrected chi connectivity index (χ4v) is 5.94. The van der Waals surface area contributed by atoms with Crippen LogP contribution < -0.4 is 14.2 Å². The average molecular weight is 635 g/mol. The van der Waals surface area contributed by atoms with Crippen LogP contribution in [0.4, 0.5) is 0 Å². The van der Waals surface area contributed by atoms with Gasteiger partial charge in [-0.2, -0.15) is 0 Å². The maximum absolute atomic E-state index is 12.3. The zero-order valence-corrected chi connectivity index (χ0v) is 24.1. The summed E-state index contributed by atoms with van der Waals surface area (Å²) in [5.74, 6) is -0.664. The summed E-state index contributed by atoms with van der Waals surface area (Å²) in [6, 6.07) is 9.19. The number of ketones is 1. The van der Waals surface area contributed by atoms with Gasteiger partial charge in [0.05, 0.1) is 42.5 Å². The molecule has 2 heterocycles. The lowest BCUT2D eigenvalue weighted by molar-refractivity contribution is -0.141. The number of carboxylic acids is 2.